The lowest BCUT2D eigenvalue weighted by molar-refractivity contribution is -0.120. The number of halogens is 1. The number of nitrogens with one attached hydrogen (secondary N) is 1. The van der Waals surface area contributed by atoms with E-state index in [0.29, 0.717) is 6.54 Å². The predicted octanol–water partition coefficient (Wildman–Crippen LogP) is 2.10. The van der Waals surface area contributed by atoms with Gasteiger partial charge in [0.2, 0.25) is 5.91 Å². The number of benzene rings is 1. The van der Waals surface area contributed by atoms with Crippen LogP contribution in [0.15, 0.2) is 47.2 Å². The molecule has 100 valence electrons. The second-order valence-electron chi connectivity index (χ2n) is 4.46. The number of rotatable bonds is 5. The second-order valence-corrected chi connectivity index (χ2v) is 5.37. The van der Waals surface area contributed by atoms with E-state index >= 15 is 0 Å². The Morgan fingerprint density at radius 2 is 2.26 bits per heavy atom. The molecule has 2 rings (SSSR count). The molecule has 0 radical (unpaired) electrons. The molecule has 19 heavy (non-hydrogen) atoms. The van der Waals surface area contributed by atoms with Gasteiger partial charge >= 0.3 is 0 Å². The molecule has 2 aromatic rings. The third-order valence-corrected chi connectivity index (χ3v) is 3.36. The lowest BCUT2D eigenvalue weighted by atomic mass is 10.1. The molecule has 3 N–H and O–H groups in total. The third kappa shape index (κ3) is 3.68. The van der Waals surface area contributed by atoms with Gasteiger partial charge in [0, 0.05) is 30.5 Å². The zero-order valence-electron chi connectivity index (χ0n) is 10.6. The van der Waals surface area contributed by atoms with Gasteiger partial charge < -0.3 is 10.3 Å². The van der Waals surface area contributed by atoms with Crippen molar-refractivity contribution in [2.45, 2.75) is 12.6 Å². The highest BCUT2D eigenvalue weighted by molar-refractivity contribution is 9.10. The molecule has 4 nitrogen and oxygen atoms in total. The van der Waals surface area contributed by atoms with Gasteiger partial charge in [-0.15, -0.1) is 0 Å². The Bertz CT molecular complexity index is 580. The van der Waals surface area contributed by atoms with Crippen LogP contribution in [0.4, 0.5) is 0 Å². The van der Waals surface area contributed by atoms with E-state index < -0.39 is 6.04 Å². The molecule has 1 aromatic heterocycles. The van der Waals surface area contributed by atoms with E-state index in [2.05, 4.69) is 21.2 Å². The summed E-state index contributed by atoms with van der Waals surface area (Å²) in [5, 5.41) is 3.18. The smallest absolute Gasteiger partial charge is 0.239 e. The molecular weight excluding hydrogens is 306 g/mol. The maximum Gasteiger partial charge on any atom is 0.239 e. The maximum absolute atomic E-state index is 11.6. The van der Waals surface area contributed by atoms with Crippen LogP contribution in [0, 0.1) is 0 Å². The number of amides is 1. The van der Waals surface area contributed by atoms with Crippen LogP contribution in [0.5, 0.6) is 0 Å². The SMILES string of the molecule is Cn1ccc(CN[C@@H](C(N)=O)c2cccc(Br)c2)c1. The fraction of sp³-hybridized carbons (Fsp3) is 0.214. The molecule has 0 spiro atoms. The first-order chi connectivity index (χ1) is 9.06. The normalized spacial score (nSPS) is 12.3. The van der Waals surface area contributed by atoms with Gasteiger partial charge in [-0.3, -0.25) is 10.1 Å². The molecule has 1 aromatic carbocycles. The summed E-state index contributed by atoms with van der Waals surface area (Å²) < 4.78 is 2.90. The Labute approximate surface area is 120 Å². The highest BCUT2D eigenvalue weighted by Gasteiger charge is 2.17. The van der Waals surface area contributed by atoms with E-state index in [4.69, 9.17) is 5.73 Å². The number of carbonyl (C=O) groups is 1. The van der Waals surface area contributed by atoms with Gasteiger partial charge in [0.25, 0.3) is 0 Å². The summed E-state index contributed by atoms with van der Waals surface area (Å²) in [6.07, 6.45) is 3.97. The number of primary amides is 1. The van der Waals surface area contributed by atoms with E-state index in [1.54, 1.807) is 0 Å². The van der Waals surface area contributed by atoms with Crippen molar-refractivity contribution >= 4 is 21.8 Å². The summed E-state index contributed by atoms with van der Waals surface area (Å²) in [5.41, 5.74) is 7.44. The first-order valence-electron chi connectivity index (χ1n) is 5.95. The molecule has 0 saturated carbocycles. The minimum Gasteiger partial charge on any atom is -0.368 e. The molecule has 5 heteroatoms. The van der Waals surface area contributed by atoms with Crippen LogP contribution in [-0.4, -0.2) is 10.5 Å². The minimum atomic E-state index is -0.488. The molecule has 1 amide bonds. The quantitative estimate of drug-likeness (QED) is 0.886. The molecule has 1 atom stereocenters. The Kier molecular flexibility index (Phi) is 4.39. The van der Waals surface area contributed by atoms with Crippen LogP contribution < -0.4 is 11.1 Å². The van der Waals surface area contributed by atoms with Gasteiger partial charge in [-0.1, -0.05) is 28.1 Å². The van der Waals surface area contributed by atoms with Gasteiger partial charge in [-0.05, 0) is 29.3 Å². The van der Waals surface area contributed by atoms with Gasteiger partial charge in [0.05, 0.1) is 0 Å². The second kappa shape index (κ2) is 6.04. The average Bonchev–Trinajstić information content (AvgIpc) is 2.75. The van der Waals surface area contributed by atoms with Crippen LogP contribution in [0.25, 0.3) is 0 Å². The summed E-state index contributed by atoms with van der Waals surface area (Å²) >= 11 is 3.40. The number of hydrogen-bond donors (Lipinski definition) is 2. The summed E-state index contributed by atoms with van der Waals surface area (Å²) in [6.45, 7) is 0.598. The van der Waals surface area contributed by atoms with Crippen molar-refractivity contribution in [3.05, 3.63) is 58.3 Å². The Hall–Kier alpha value is -1.59. The van der Waals surface area contributed by atoms with Crippen molar-refractivity contribution < 1.29 is 4.79 Å². The number of aromatic nitrogens is 1. The molecule has 0 aliphatic heterocycles. The van der Waals surface area contributed by atoms with E-state index in [1.807, 2.05) is 54.3 Å². The van der Waals surface area contributed by atoms with Crippen LogP contribution >= 0.6 is 15.9 Å². The fourth-order valence-corrected chi connectivity index (χ4v) is 2.37. The fourth-order valence-electron chi connectivity index (χ4n) is 1.95. The van der Waals surface area contributed by atoms with E-state index in [9.17, 15) is 4.79 Å². The van der Waals surface area contributed by atoms with Gasteiger partial charge in [-0.2, -0.15) is 0 Å². The summed E-state index contributed by atoms with van der Waals surface area (Å²) in [6, 6.07) is 9.10. The third-order valence-electron chi connectivity index (χ3n) is 2.87. The van der Waals surface area contributed by atoms with Crippen LogP contribution in [0.2, 0.25) is 0 Å². The van der Waals surface area contributed by atoms with Crippen molar-refractivity contribution in [1.82, 2.24) is 9.88 Å². The lowest BCUT2D eigenvalue weighted by Gasteiger charge is -2.15. The molecule has 0 aliphatic carbocycles. The summed E-state index contributed by atoms with van der Waals surface area (Å²) in [7, 11) is 1.96. The van der Waals surface area contributed by atoms with E-state index in [0.717, 1.165) is 15.6 Å². The molecule has 0 bridgehead atoms. The van der Waals surface area contributed by atoms with Crippen molar-refractivity contribution in [2.24, 2.45) is 12.8 Å². The highest BCUT2D eigenvalue weighted by Crippen LogP contribution is 2.18. The molecular formula is C14H16BrN3O. The number of aryl methyl sites for hydroxylation is 1. The van der Waals surface area contributed by atoms with E-state index in [1.165, 1.54) is 0 Å². The monoisotopic (exact) mass is 321 g/mol. The van der Waals surface area contributed by atoms with Gasteiger partial charge in [0.15, 0.2) is 0 Å². The lowest BCUT2D eigenvalue weighted by Crippen LogP contribution is -2.33. The zero-order valence-corrected chi connectivity index (χ0v) is 12.2. The number of carbonyl (C=O) groups excluding carboxylic acids is 1. The number of hydrogen-bond acceptors (Lipinski definition) is 2. The summed E-state index contributed by atoms with van der Waals surface area (Å²) in [4.78, 5) is 11.6. The topological polar surface area (TPSA) is 60.1 Å². The predicted molar refractivity (Wildman–Crippen MR) is 78.3 cm³/mol. The van der Waals surface area contributed by atoms with E-state index in [-0.39, 0.29) is 5.91 Å². The first-order valence-corrected chi connectivity index (χ1v) is 6.74. The van der Waals surface area contributed by atoms with Crippen molar-refractivity contribution in [3.8, 4) is 0 Å². The molecule has 0 aliphatic rings. The number of nitrogens with zero attached hydrogens (tertiary/aromatic N) is 1. The maximum atomic E-state index is 11.6. The van der Waals surface area contributed by atoms with Crippen LogP contribution in [0.3, 0.4) is 0 Å². The zero-order chi connectivity index (χ0) is 13.8. The summed E-state index contributed by atoms with van der Waals surface area (Å²) in [5.74, 6) is -0.381. The average molecular weight is 322 g/mol. The molecule has 0 saturated heterocycles. The Balaban J connectivity index is 2.10. The standard InChI is InChI=1S/C14H16BrN3O/c1-18-6-5-10(9-18)8-17-13(14(16)19)11-3-2-4-12(15)7-11/h2-7,9,13,17H,8H2,1H3,(H2,16,19)/t13-/m1/s1. The molecule has 1 heterocycles. The van der Waals surface area contributed by atoms with Gasteiger partial charge in [-0.25, -0.2) is 0 Å². The minimum absolute atomic E-state index is 0.381. The molecule has 0 fully saturated rings. The largest absolute Gasteiger partial charge is 0.368 e. The van der Waals surface area contributed by atoms with Crippen LogP contribution in [-0.2, 0) is 18.4 Å². The number of nitrogens with two attached hydrogens (primary N) is 1. The Morgan fingerprint density at radius 1 is 1.47 bits per heavy atom. The molecule has 0 unspecified atom stereocenters. The highest BCUT2D eigenvalue weighted by atomic mass is 79.9. The van der Waals surface area contributed by atoms with Gasteiger partial charge in [0.1, 0.15) is 6.04 Å². The van der Waals surface area contributed by atoms with Crippen molar-refractivity contribution in [2.75, 3.05) is 0 Å². The Morgan fingerprint density at radius 3 is 2.84 bits per heavy atom. The van der Waals surface area contributed by atoms with Crippen molar-refractivity contribution in [3.63, 3.8) is 0 Å². The van der Waals surface area contributed by atoms with Crippen molar-refractivity contribution in [1.29, 1.82) is 0 Å². The van der Waals surface area contributed by atoms with Crippen LogP contribution in [0.1, 0.15) is 17.2 Å². The first kappa shape index (κ1) is 13.8.